The minimum atomic E-state index is -0.180. The molecule has 1 fully saturated rings. The molecule has 156 valence electrons. The van der Waals surface area contributed by atoms with E-state index in [4.69, 9.17) is 4.74 Å². The number of rotatable bonds is 6. The first-order valence-electron chi connectivity index (χ1n) is 10.7. The van der Waals surface area contributed by atoms with E-state index >= 15 is 0 Å². The van der Waals surface area contributed by atoms with Crippen molar-refractivity contribution in [1.29, 1.82) is 0 Å². The van der Waals surface area contributed by atoms with Crippen molar-refractivity contribution in [1.82, 2.24) is 4.90 Å². The highest BCUT2D eigenvalue weighted by atomic mass is 16.5. The first kappa shape index (κ1) is 20.2. The molecule has 0 aromatic heterocycles. The van der Waals surface area contributed by atoms with Crippen molar-refractivity contribution in [3.8, 4) is 5.75 Å². The van der Waals surface area contributed by atoms with Crippen molar-refractivity contribution in [2.24, 2.45) is 0 Å². The first-order valence-corrected chi connectivity index (χ1v) is 10.7. The van der Waals surface area contributed by atoms with E-state index < -0.39 is 0 Å². The number of fused-ring (bicyclic) bond motifs is 1. The Labute approximate surface area is 178 Å². The van der Waals surface area contributed by atoms with Gasteiger partial charge in [0, 0.05) is 31.9 Å². The lowest BCUT2D eigenvalue weighted by Crippen LogP contribution is -2.52. The molecule has 0 unspecified atom stereocenters. The molecule has 5 heteroatoms. The van der Waals surface area contributed by atoms with E-state index in [0.717, 1.165) is 48.7 Å². The van der Waals surface area contributed by atoms with E-state index in [2.05, 4.69) is 33.3 Å². The maximum atomic E-state index is 12.9. The molecule has 4 rings (SSSR count). The number of benzene rings is 3. The molecule has 0 spiro atoms. The van der Waals surface area contributed by atoms with Gasteiger partial charge in [-0.15, -0.1) is 0 Å². The Morgan fingerprint density at radius 3 is 2.43 bits per heavy atom. The van der Waals surface area contributed by atoms with Gasteiger partial charge in [-0.2, -0.15) is 0 Å². The summed E-state index contributed by atoms with van der Waals surface area (Å²) in [6.45, 7) is 8.07. The van der Waals surface area contributed by atoms with Gasteiger partial charge in [0.25, 0.3) is 0 Å². The summed E-state index contributed by atoms with van der Waals surface area (Å²) in [6.07, 6.45) is 0. The van der Waals surface area contributed by atoms with Crippen LogP contribution in [0.15, 0.2) is 66.7 Å². The summed E-state index contributed by atoms with van der Waals surface area (Å²) in [7, 11) is 0. The Balaban J connectivity index is 1.36. The maximum Gasteiger partial charge on any atom is 0.241 e. The summed E-state index contributed by atoms with van der Waals surface area (Å²) in [6, 6.07) is 22.2. The smallest absolute Gasteiger partial charge is 0.241 e. The largest absolute Gasteiger partial charge is 0.492 e. The number of anilines is 2. The van der Waals surface area contributed by atoms with Gasteiger partial charge in [-0.05, 0) is 48.9 Å². The zero-order chi connectivity index (χ0) is 20.9. The van der Waals surface area contributed by atoms with Crippen LogP contribution in [0.5, 0.6) is 5.75 Å². The normalized spacial score (nSPS) is 15.7. The average molecular weight is 404 g/mol. The van der Waals surface area contributed by atoms with Crippen LogP contribution >= 0.6 is 0 Å². The molecular formula is C25H29N3O2. The van der Waals surface area contributed by atoms with Crippen molar-refractivity contribution in [3.05, 3.63) is 66.7 Å². The van der Waals surface area contributed by atoms with Gasteiger partial charge in [0.1, 0.15) is 5.75 Å². The number of para-hydroxylation sites is 2. The van der Waals surface area contributed by atoms with E-state index in [-0.39, 0.29) is 11.9 Å². The molecule has 3 aromatic rings. The second kappa shape index (κ2) is 9.18. The standard InChI is InChI=1S/C25H29N3O2/c1-3-30-24-11-7-6-10-23(24)28-16-14-27(15-17-28)19(2)25(29)26-22-13-12-20-8-4-5-9-21(20)18-22/h4-13,18-19H,3,14-17H2,1-2H3,(H,26,29)/t19-/m1/s1. The molecule has 3 aromatic carbocycles. The van der Waals surface area contributed by atoms with Gasteiger partial charge in [-0.1, -0.05) is 42.5 Å². The monoisotopic (exact) mass is 403 g/mol. The average Bonchev–Trinajstić information content (AvgIpc) is 2.79. The number of hydrogen-bond donors (Lipinski definition) is 1. The van der Waals surface area contributed by atoms with Gasteiger partial charge in [0.2, 0.25) is 5.91 Å². The number of hydrogen-bond acceptors (Lipinski definition) is 4. The second-order valence-corrected chi connectivity index (χ2v) is 7.65. The lowest BCUT2D eigenvalue weighted by molar-refractivity contribution is -0.120. The molecular weight excluding hydrogens is 374 g/mol. The summed E-state index contributed by atoms with van der Waals surface area (Å²) in [5.74, 6) is 0.962. The predicted molar refractivity (Wildman–Crippen MR) is 123 cm³/mol. The predicted octanol–water partition coefficient (Wildman–Crippen LogP) is 4.39. The van der Waals surface area contributed by atoms with E-state index in [1.807, 2.05) is 62.4 Å². The maximum absolute atomic E-state index is 12.9. The number of ether oxygens (including phenoxy) is 1. The van der Waals surface area contributed by atoms with E-state index in [1.54, 1.807) is 0 Å². The van der Waals surface area contributed by atoms with Crippen LogP contribution < -0.4 is 15.0 Å². The van der Waals surface area contributed by atoms with Crippen molar-refractivity contribution in [2.45, 2.75) is 19.9 Å². The fraction of sp³-hybridized carbons (Fsp3) is 0.320. The Bertz CT molecular complexity index is 1010. The van der Waals surface area contributed by atoms with Crippen LogP contribution in [0.3, 0.4) is 0 Å². The summed E-state index contributed by atoms with van der Waals surface area (Å²) in [5, 5.41) is 5.39. The van der Waals surface area contributed by atoms with Crippen LogP contribution in [0.1, 0.15) is 13.8 Å². The van der Waals surface area contributed by atoms with Crippen molar-refractivity contribution in [3.63, 3.8) is 0 Å². The highest BCUT2D eigenvalue weighted by Crippen LogP contribution is 2.29. The molecule has 1 heterocycles. The van der Waals surface area contributed by atoms with Crippen LogP contribution in [-0.2, 0) is 4.79 Å². The lowest BCUT2D eigenvalue weighted by Gasteiger charge is -2.39. The van der Waals surface area contributed by atoms with Gasteiger partial charge in [-0.25, -0.2) is 0 Å². The molecule has 0 aliphatic carbocycles. The first-order chi connectivity index (χ1) is 14.7. The quantitative estimate of drug-likeness (QED) is 0.663. The molecule has 1 saturated heterocycles. The Kier molecular flexibility index (Phi) is 6.19. The molecule has 1 aliphatic rings. The summed E-state index contributed by atoms with van der Waals surface area (Å²) in [5.41, 5.74) is 1.97. The third-order valence-corrected chi connectivity index (χ3v) is 5.76. The molecule has 0 saturated carbocycles. The molecule has 30 heavy (non-hydrogen) atoms. The highest BCUT2D eigenvalue weighted by molar-refractivity contribution is 5.97. The van der Waals surface area contributed by atoms with Gasteiger partial charge >= 0.3 is 0 Å². The highest BCUT2D eigenvalue weighted by Gasteiger charge is 2.26. The number of carbonyl (C=O) groups is 1. The Morgan fingerprint density at radius 1 is 0.967 bits per heavy atom. The minimum Gasteiger partial charge on any atom is -0.492 e. The van der Waals surface area contributed by atoms with Gasteiger partial charge in [-0.3, -0.25) is 9.69 Å². The molecule has 5 nitrogen and oxygen atoms in total. The molecule has 1 atom stereocenters. The molecule has 1 amide bonds. The van der Waals surface area contributed by atoms with Crippen LogP contribution in [-0.4, -0.2) is 49.6 Å². The molecule has 1 N–H and O–H groups in total. The van der Waals surface area contributed by atoms with Crippen LogP contribution in [0.25, 0.3) is 10.8 Å². The summed E-state index contributed by atoms with van der Waals surface area (Å²) >= 11 is 0. The fourth-order valence-electron chi connectivity index (χ4n) is 4.03. The third kappa shape index (κ3) is 4.41. The van der Waals surface area contributed by atoms with Crippen LogP contribution in [0, 0.1) is 0 Å². The number of nitrogens with one attached hydrogen (secondary N) is 1. The molecule has 0 radical (unpaired) electrons. The SMILES string of the molecule is CCOc1ccccc1N1CCN([C@H](C)C(=O)Nc2ccc3ccccc3c2)CC1. The molecule has 1 aliphatic heterocycles. The van der Waals surface area contributed by atoms with E-state index in [0.29, 0.717) is 6.61 Å². The van der Waals surface area contributed by atoms with Crippen molar-refractivity contribution in [2.75, 3.05) is 43.0 Å². The summed E-state index contributed by atoms with van der Waals surface area (Å²) < 4.78 is 5.78. The topological polar surface area (TPSA) is 44.8 Å². The number of piperazine rings is 1. The zero-order valence-corrected chi connectivity index (χ0v) is 17.7. The third-order valence-electron chi connectivity index (χ3n) is 5.76. The van der Waals surface area contributed by atoms with Crippen molar-refractivity contribution >= 4 is 28.1 Å². The van der Waals surface area contributed by atoms with Gasteiger partial charge in [0.05, 0.1) is 18.3 Å². The van der Waals surface area contributed by atoms with Gasteiger partial charge < -0.3 is 15.0 Å². The minimum absolute atomic E-state index is 0.0356. The molecule has 0 bridgehead atoms. The Hall–Kier alpha value is -3.05. The number of carbonyl (C=O) groups excluding carboxylic acids is 1. The van der Waals surface area contributed by atoms with E-state index in [9.17, 15) is 4.79 Å². The van der Waals surface area contributed by atoms with Crippen LogP contribution in [0.2, 0.25) is 0 Å². The lowest BCUT2D eigenvalue weighted by atomic mass is 10.1. The number of nitrogens with zero attached hydrogens (tertiary/aromatic N) is 2. The Morgan fingerprint density at radius 2 is 1.67 bits per heavy atom. The number of amides is 1. The van der Waals surface area contributed by atoms with E-state index in [1.165, 1.54) is 5.39 Å². The second-order valence-electron chi connectivity index (χ2n) is 7.65. The zero-order valence-electron chi connectivity index (χ0n) is 17.7. The van der Waals surface area contributed by atoms with Crippen LogP contribution in [0.4, 0.5) is 11.4 Å². The van der Waals surface area contributed by atoms with Gasteiger partial charge in [0.15, 0.2) is 0 Å². The fourth-order valence-corrected chi connectivity index (χ4v) is 4.03. The van der Waals surface area contributed by atoms with Crippen molar-refractivity contribution < 1.29 is 9.53 Å². The summed E-state index contributed by atoms with van der Waals surface area (Å²) in [4.78, 5) is 17.4.